The predicted molar refractivity (Wildman–Crippen MR) is 98.1 cm³/mol. The van der Waals surface area contributed by atoms with Gasteiger partial charge in [0.15, 0.2) is 0 Å². The molecular weight excluding hydrogens is 336 g/mol. The van der Waals surface area contributed by atoms with Crippen molar-refractivity contribution >= 4 is 17.2 Å². The average Bonchev–Trinajstić information content (AvgIpc) is 3.26. The molecule has 0 atom stereocenters. The molecule has 1 amide bonds. The van der Waals surface area contributed by atoms with Crippen molar-refractivity contribution < 1.29 is 9.32 Å². The molecule has 0 aliphatic carbocycles. The van der Waals surface area contributed by atoms with Gasteiger partial charge in [0, 0.05) is 11.5 Å². The van der Waals surface area contributed by atoms with Gasteiger partial charge in [-0.05, 0) is 57.6 Å². The zero-order valence-corrected chi connectivity index (χ0v) is 15.9. The van der Waals surface area contributed by atoms with Crippen molar-refractivity contribution in [3.05, 3.63) is 23.4 Å². The maximum absolute atomic E-state index is 12.4. The van der Waals surface area contributed by atoms with Crippen LogP contribution in [0.3, 0.4) is 0 Å². The van der Waals surface area contributed by atoms with Crippen LogP contribution in [0.1, 0.15) is 45.9 Å². The molecule has 0 spiro atoms. The maximum Gasteiger partial charge on any atom is 0.241 e. The molecule has 0 saturated carbocycles. The normalized spacial score (nSPS) is 16.9. The molecule has 0 aromatic carbocycles. The van der Waals surface area contributed by atoms with E-state index in [4.69, 9.17) is 4.52 Å². The third-order valence-corrected chi connectivity index (χ3v) is 5.74. The summed E-state index contributed by atoms with van der Waals surface area (Å²) < 4.78 is 5.37. The Hall–Kier alpha value is -1.73. The molecule has 0 radical (unpaired) electrons. The number of nitrogens with zero attached hydrogens (tertiary/aromatic N) is 3. The molecule has 2 aromatic heterocycles. The fourth-order valence-electron chi connectivity index (χ4n) is 2.89. The fraction of sp³-hybridized carbons (Fsp3) is 0.611. The lowest BCUT2D eigenvalue weighted by atomic mass is 9.93. The molecule has 3 heterocycles. The minimum Gasteiger partial charge on any atom is -0.351 e. The van der Waals surface area contributed by atoms with Crippen LogP contribution in [-0.4, -0.2) is 39.6 Å². The van der Waals surface area contributed by atoms with Crippen LogP contribution >= 0.6 is 11.3 Å². The summed E-state index contributed by atoms with van der Waals surface area (Å²) in [6, 6.07) is 3.97. The van der Waals surface area contributed by atoms with E-state index in [0.717, 1.165) is 37.2 Å². The number of likely N-dealkylation sites (tertiary alicyclic amines) is 1. The van der Waals surface area contributed by atoms with Crippen molar-refractivity contribution in [3.63, 3.8) is 0 Å². The summed E-state index contributed by atoms with van der Waals surface area (Å²) in [6.07, 6.45) is 2.68. The summed E-state index contributed by atoms with van der Waals surface area (Å²) >= 11 is 1.60. The lowest BCUT2D eigenvalue weighted by molar-refractivity contribution is -0.128. The summed E-state index contributed by atoms with van der Waals surface area (Å²) in [4.78, 5) is 20.2. The molecule has 3 rings (SSSR count). The van der Waals surface area contributed by atoms with E-state index in [0.29, 0.717) is 18.3 Å². The SMILES string of the molecule is CCC(C)(C)NC(=O)C1CCN(Cc2nc(-c3cccs3)no2)CC1. The molecule has 6 nitrogen and oxygen atoms in total. The fourth-order valence-corrected chi connectivity index (χ4v) is 3.54. The Morgan fingerprint density at radius 1 is 1.44 bits per heavy atom. The minimum atomic E-state index is -0.129. The second kappa shape index (κ2) is 7.66. The third kappa shape index (κ3) is 4.67. The zero-order valence-electron chi connectivity index (χ0n) is 15.1. The number of nitrogens with one attached hydrogen (secondary N) is 1. The molecule has 25 heavy (non-hydrogen) atoms. The Morgan fingerprint density at radius 2 is 2.20 bits per heavy atom. The molecule has 0 bridgehead atoms. The van der Waals surface area contributed by atoms with E-state index in [2.05, 4.69) is 41.1 Å². The van der Waals surface area contributed by atoms with Crippen LogP contribution in [0.5, 0.6) is 0 Å². The van der Waals surface area contributed by atoms with Gasteiger partial charge in [-0.25, -0.2) is 0 Å². The van der Waals surface area contributed by atoms with E-state index in [1.165, 1.54) is 0 Å². The molecule has 0 unspecified atom stereocenters. The van der Waals surface area contributed by atoms with E-state index in [-0.39, 0.29) is 17.4 Å². The van der Waals surface area contributed by atoms with Crippen molar-refractivity contribution in [2.24, 2.45) is 5.92 Å². The number of thiophene rings is 1. The summed E-state index contributed by atoms with van der Waals surface area (Å²) in [7, 11) is 0. The molecule has 1 aliphatic heterocycles. The van der Waals surface area contributed by atoms with E-state index < -0.39 is 0 Å². The van der Waals surface area contributed by atoms with Gasteiger partial charge in [0.25, 0.3) is 0 Å². The first-order valence-corrected chi connectivity index (χ1v) is 9.75. The summed E-state index contributed by atoms with van der Waals surface area (Å²) in [5.41, 5.74) is -0.129. The first kappa shape index (κ1) is 18.1. The number of carbonyl (C=O) groups excluding carboxylic acids is 1. The van der Waals surface area contributed by atoms with Crippen molar-refractivity contribution in [2.75, 3.05) is 13.1 Å². The molecule has 2 aromatic rings. The number of hydrogen-bond donors (Lipinski definition) is 1. The number of piperidine rings is 1. The first-order valence-electron chi connectivity index (χ1n) is 8.87. The van der Waals surface area contributed by atoms with Crippen LogP contribution in [0.25, 0.3) is 10.7 Å². The van der Waals surface area contributed by atoms with E-state index in [1.807, 2.05) is 17.5 Å². The van der Waals surface area contributed by atoms with E-state index >= 15 is 0 Å². The molecule has 1 N–H and O–H groups in total. The predicted octanol–water partition coefficient (Wildman–Crippen LogP) is 3.31. The minimum absolute atomic E-state index is 0.103. The van der Waals surface area contributed by atoms with Crippen molar-refractivity contribution in [1.29, 1.82) is 0 Å². The van der Waals surface area contributed by atoms with Crippen molar-refractivity contribution in [3.8, 4) is 10.7 Å². The summed E-state index contributed by atoms with van der Waals surface area (Å²) in [6.45, 7) is 8.63. The number of rotatable bonds is 6. The quantitative estimate of drug-likeness (QED) is 0.853. The Morgan fingerprint density at radius 3 is 2.84 bits per heavy atom. The second-order valence-electron chi connectivity index (χ2n) is 7.27. The molecular formula is C18H26N4O2S. The summed E-state index contributed by atoms with van der Waals surface area (Å²) in [5.74, 6) is 1.58. The van der Waals surface area contributed by atoms with Gasteiger partial charge in [0.1, 0.15) is 0 Å². The van der Waals surface area contributed by atoms with Gasteiger partial charge in [0.2, 0.25) is 17.6 Å². The lowest BCUT2D eigenvalue weighted by Crippen LogP contribution is -2.48. The van der Waals surface area contributed by atoms with Crippen LogP contribution in [0, 0.1) is 5.92 Å². The van der Waals surface area contributed by atoms with Gasteiger partial charge >= 0.3 is 0 Å². The highest BCUT2D eigenvalue weighted by Crippen LogP contribution is 2.23. The molecule has 136 valence electrons. The third-order valence-electron chi connectivity index (χ3n) is 4.87. The van der Waals surface area contributed by atoms with Crippen LogP contribution in [-0.2, 0) is 11.3 Å². The highest BCUT2D eigenvalue weighted by Gasteiger charge is 2.28. The Kier molecular flexibility index (Phi) is 5.54. The number of carbonyl (C=O) groups is 1. The average molecular weight is 362 g/mol. The largest absolute Gasteiger partial charge is 0.351 e. The van der Waals surface area contributed by atoms with E-state index in [1.54, 1.807) is 11.3 Å². The Bertz CT molecular complexity index is 688. The molecule has 1 fully saturated rings. The summed E-state index contributed by atoms with van der Waals surface area (Å²) in [5, 5.41) is 9.21. The van der Waals surface area contributed by atoms with Gasteiger partial charge in [-0.2, -0.15) is 4.98 Å². The van der Waals surface area contributed by atoms with Gasteiger partial charge in [0.05, 0.1) is 11.4 Å². The van der Waals surface area contributed by atoms with Gasteiger partial charge < -0.3 is 9.84 Å². The second-order valence-corrected chi connectivity index (χ2v) is 8.21. The van der Waals surface area contributed by atoms with Gasteiger partial charge in [-0.1, -0.05) is 18.1 Å². The topological polar surface area (TPSA) is 71.3 Å². The van der Waals surface area contributed by atoms with Crippen LogP contribution in [0.15, 0.2) is 22.0 Å². The zero-order chi connectivity index (χ0) is 17.9. The first-order chi connectivity index (χ1) is 12.0. The molecule has 7 heteroatoms. The van der Waals surface area contributed by atoms with E-state index in [9.17, 15) is 4.79 Å². The van der Waals surface area contributed by atoms with Crippen LogP contribution in [0.2, 0.25) is 0 Å². The number of aromatic nitrogens is 2. The highest BCUT2D eigenvalue weighted by molar-refractivity contribution is 7.13. The van der Waals surface area contributed by atoms with Crippen molar-refractivity contribution in [2.45, 2.75) is 52.1 Å². The van der Waals surface area contributed by atoms with Crippen LogP contribution in [0.4, 0.5) is 0 Å². The van der Waals surface area contributed by atoms with Gasteiger partial charge in [-0.15, -0.1) is 11.3 Å². The highest BCUT2D eigenvalue weighted by atomic mass is 32.1. The van der Waals surface area contributed by atoms with Crippen molar-refractivity contribution in [1.82, 2.24) is 20.4 Å². The van der Waals surface area contributed by atoms with Crippen LogP contribution < -0.4 is 5.32 Å². The Balaban J connectivity index is 1.49. The number of hydrogen-bond acceptors (Lipinski definition) is 6. The monoisotopic (exact) mass is 362 g/mol. The maximum atomic E-state index is 12.4. The van der Waals surface area contributed by atoms with Gasteiger partial charge in [-0.3, -0.25) is 9.69 Å². The molecule has 1 aliphatic rings. The lowest BCUT2D eigenvalue weighted by Gasteiger charge is -2.33. The smallest absolute Gasteiger partial charge is 0.241 e. The molecule has 1 saturated heterocycles. The Labute approximate surface area is 152 Å². The standard InChI is InChI=1S/C18H26N4O2S/c1-4-18(2,3)20-17(23)13-7-9-22(10-8-13)12-15-19-16(21-24-15)14-6-5-11-25-14/h5-6,11,13H,4,7-10,12H2,1-3H3,(H,20,23). The number of amides is 1.